The van der Waals surface area contributed by atoms with E-state index in [4.69, 9.17) is 24.5 Å². The largest absolute Gasteiger partial charge is 0.490 e. The van der Waals surface area contributed by atoms with E-state index in [-0.39, 0.29) is 18.3 Å². The van der Waals surface area contributed by atoms with Crippen molar-refractivity contribution in [2.45, 2.75) is 38.3 Å². The van der Waals surface area contributed by atoms with Crippen LogP contribution in [-0.4, -0.2) is 47.8 Å². The third-order valence-electron chi connectivity index (χ3n) is 6.10. The van der Waals surface area contributed by atoms with Crippen LogP contribution in [0.25, 0.3) is 0 Å². The van der Waals surface area contributed by atoms with Gasteiger partial charge in [-0.25, -0.2) is 4.79 Å². The maximum absolute atomic E-state index is 13.2. The molecule has 1 amide bonds. The van der Waals surface area contributed by atoms with Gasteiger partial charge in [0.2, 0.25) is 17.5 Å². The highest BCUT2D eigenvalue weighted by molar-refractivity contribution is 5.98. The summed E-state index contributed by atoms with van der Waals surface area (Å²) in [5.41, 5.74) is 7.35. The van der Waals surface area contributed by atoms with Gasteiger partial charge in [-0.1, -0.05) is 65.8 Å². The Hall–Kier alpha value is -4.70. The van der Waals surface area contributed by atoms with Crippen molar-refractivity contribution in [3.8, 4) is 11.5 Å². The molecule has 0 saturated carbocycles. The number of ether oxygens (including phenoxy) is 3. The molecular weight excluding hydrogens is 524 g/mol. The Morgan fingerprint density at radius 3 is 2.17 bits per heavy atom. The van der Waals surface area contributed by atoms with Crippen LogP contribution >= 0.6 is 0 Å². The van der Waals surface area contributed by atoms with Gasteiger partial charge in [-0.15, -0.1) is 0 Å². The minimum Gasteiger partial charge on any atom is -0.490 e. The Kier molecular flexibility index (Phi) is 11.3. The zero-order chi connectivity index (χ0) is 28.7. The number of rotatable bonds is 16. The fourth-order valence-corrected chi connectivity index (χ4v) is 3.97. The van der Waals surface area contributed by atoms with E-state index in [2.05, 4.69) is 15.5 Å². The fraction of sp³-hybridized carbons (Fsp3) is 0.290. The first-order valence-electron chi connectivity index (χ1n) is 13.5. The van der Waals surface area contributed by atoms with Crippen molar-refractivity contribution in [3.63, 3.8) is 0 Å². The highest BCUT2D eigenvalue weighted by Crippen LogP contribution is 2.16. The van der Waals surface area contributed by atoms with E-state index in [0.29, 0.717) is 51.2 Å². The van der Waals surface area contributed by atoms with Crippen LogP contribution in [0.2, 0.25) is 0 Å². The number of alkyl carbamates (subject to hydrolysis) is 1. The van der Waals surface area contributed by atoms with Crippen LogP contribution in [0.5, 0.6) is 11.5 Å². The number of Topliss-reactive ketones (excluding diaryl/α,β-unsaturated/α-hetero) is 1. The molecule has 1 unspecified atom stereocenters. The van der Waals surface area contributed by atoms with Gasteiger partial charge in [0.1, 0.15) is 31.3 Å². The van der Waals surface area contributed by atoms with Crippen LogP contribution in [-0.2, 0) is 17.8 Å². The van der Waals surface area contributed by atoms with E-state index in [9.17, 15) is 9.59 Å². The molecule has 41 heavy (non-hydrogen) atoms. The van der Waals surface area contributed by atoms with Gasteiger partial charge in [0.05, 0.1) is 12.5 Å². The predicted octanol–water partition coefficient (Wildman–Crippen LogP) is 4.72. The van der Waals surface area contributed by atoms with Crippen molar-refractivity contribution in [3.05, 3.63) is 108 Å². The van der Waals surface area contributed by atoms with Crippen molar-refractivity contribution in [2.24, 2.45) is 5.73 Å². The molecule has 0 aliphatic carbocycles. The first-order chi connectivity index (χ1) is 20.1. The Balaban J connectivity index is 1.27. The number of aromatic nitrogens is 2. The topological polar surface area (TPSA) is 139 Å². The second kappa shape index (κ2) is 15.8. The molecule has 1 atom stereocenters. The lowest BCUT2D eigenvalue weighted by molar-refractivity contribution is 0.0896. The normalized spacial score (nSPS) is 11.4. The van der Waals surface area contributed by atoms with Crippen molar-refractivity contribution in [1.29, 1.82) is 0 Å². The number of ketones is 1. The molecule has 214 valence electrons. The van der Waals surface area contributed by atoms with E-state index in [1.54, 1.807) is 0 Å². The molecule has 1 aromatic heterocycles. The van der Waals surface area contributed by atoms with Gasteiger partial charge in [-0.3, -0.25) is 4.79 Å². The SMILES string of the molecule is NCCCCC(NC(=O)OCc1ccccc1)C(=O)c1noc(Cc2ccc(OCCOc3ccccc3)cc2)n1. The lowest BCUT2D eigenvalue weighted by Crippen LogP contribution is -2.41. The number of hydrogen-bond acceptors (Lipinski definition) is 9. The number of carbonyl (C=O) groups excluding carboxylic acids is 2. The lowest BCUT2D eigenvalue weighted by Gasteiger charge is -2.16. The molecule has 0 aliphatic heterocycles. The highest BCUT2D eigenvalue weighted by atomic mass is 16.5. The van der Waals surface area contributed by atoms with Crippen molar-refractivity contribution in [1.82, 2.24) is 15.5 Å². The summed E-state index contributed by atoms with van der Waals surface area (Å²) in [5.74, 6) is 1.24. The van der Waals surface area contributed by atoms with E-state index in [1.807, 2.05) is 84.9 Å². The Morgan fingerprint density at radius 1 is 0.829 bits per heavy atom. The number of unbranched alkanes of at least 4 members (excludes halogenated alkanes) is 1. The zero-order valence-corrected chi connectivity index (χ0v) is 22.7. The van der Waals surface area contributed by atoms with Crippen LogP contribution in [0.4, 0.5) is 4.79 Å². The van der Waals surface area contributed by atoms with Gasteiger partial charge in [0.25, 0.3) is 0 Å². The van der Waals surface area contributed by atoms with Crippen molar-refractivity contribution >= 4 is 11.9 Å². The molecule has 10 nitrogen and oxygen atoms in total. The smallest absolute Gasteiger partial charge is 0.408 e. The van der Waals surface area contributed by atoms with E-state index in [0.717, 1.165) is 16.9 Å². The van der Waals surface area contributed by atoms with Crippen LogP contribution in [0.3, 0.4) is 0 Å². The summed E-state index contributed by atoms with van der Waals surface area (Å²) < 4.78 is 22.0. The maximum atomic E-state index is 13.2. The molecule has 3 N–H and O–H groups in total. The number of para-hydroxylation sites is 1. The standard InChI is InChI=1S/C31H34N4O6/c32-18-8-7-13-27(33-31(37)40-22-24-9-3-1-4-10-24)29(36)30-34-28(41-35-30)21-23-14-16-26(17-15-23)39-20-19-38-25-11-5-2-6-12-25/h1-6,9-12,14-17,27H,7-8,13,18-22,32H2,(H,33,37). The molecule has 10 heteroatoms. The van der Waals surface area contributed by atoms with E-state index < -0.39 is 17.9 Å². The molecule has 0 aliphatic rings. The summed E-state index contributed by atoms with van der Waals surface area (Å²) >= 11 is 0. The number of hydrogen-bond donors (Lipinski definition) is 2. The number of nitrogens with two attached hydrogens (primary N) is 1. The van der Waals surface area contributed by atoms with E-state index >= 15 is 0 Å². The summed E-state index contributed by atoms with van der Waals surface area (Å²) in [4.78, 5) is 29.9. The molecule has 4 aromatic rings. The predicted molar refractivity (Wildman–Crippen MR) is 152 cm³/mol. The Bertz CT molecular complexity index is 1350. The third-order valence-corrected chi connectivity index (χ3v) is 6.10. The van der Waals surface area contributed by atoms with Crippen LogP contribution in [0.15, 0.2) is 89.5 Å². The maximum Gasteiger partial charge on any atom is 0.408 e. The Morgan fingerprint density at radius 2 is 1.49 bits per heavy atom. The Labute approximate surface area is 238 Å². The fourth-order valence-electron chi connectivity index (χ4n) is 3.97. The van der Waals surface area contributed by atoms with E-state index in [1.165, 1.54) is 0 Å². The monoisotopic (exact) mass is 558 g/mol. The first-order valence-corrected chi connectivity index (χ1v) is 13.5. The number of benzene rings is 3. The van der Waals surface area contributed by atoms with Crippen molar-refractivity contribution in [2.75, 3.05) is 19.8 Å². The molecule has 4 rings (SSSR count). The van der Waals surface area contributed by atoms with Gasteiger partial charge in [-0.05, 0) is 61.2 Å². The van der Waals surface area contributed by atoms with Gasteiger partial charge in [0.15, 0.2) is 0 Å². The molecule has 0 fully saturated rings. The summed E-state index contributed by atoms with van der Waals surface area (Å²) in [6.07, 6.45) is 1.36. The third kappa shape index (κ3) is 9.77. The zero-order valence-electron chi connectivity index (χ0n) is 22.7. The minimum atomic E-state index is -0.863. The van der Waals surface area contributed by atoms with Gasteiger partial charge in [-0.2, -0.15) is 4.98 Å². The number of amides is 1. The summed E-state index contributed by atoms with van der Waals surface area (Å²) in [7, 11) is 0. The highest BCUT2D eigenvalue weighted by Gasteiger charge is 2.27. The molecule has 0 saturated heterocycles. The van der Waals surface area contributed by atoms with Crippen LogP contribution in [0.1, 0.15) is 46.9 Å². The average molecular weight is 559 g/mol. The molecular formula is C31H34N4O6. The molecule has 1 heterocycles. The minimum absolute atomic E-state index is 0.0913. The second-order valence-corrected chi connectivity index (χ2v) is 9.25. The second-order valence-electron chi connectivity index (χ2n) is 9.25. The molecule has 0 radical (unpaired) electrons. The van der Waals surface area contributed by atoms with Gasteiger partial charge >= 0.3 is 6.09 Å². The molecule has 3 aromatic carbocycles. The van der Waals surface area contributed by atoms with Gasteiger partial charge < -0.3 is 29.8 Å². The van der Waals surface area contributed by atoms with Crippen molar-refractivity contribution < 1.29 is 28.3 Å². The summed E-state index contributed by atoms with van der Waals surface area (Å²) in [5, 5.41) is 6.51. The average Bonchev–Trinajstić information content (AvgIpc) is 3.48. The van der Waals surface area contributed by atoms with Crippen LogP contribution in [0, 0.1) is 0 Å². The number of nitrogens with zero attached hydrogens (tertiary/aromatic N) is 2. The van der Waals surface area contributed by atoms with Crippen LogP contribution < -0.4 is 20.5 Å². The summed E-state index contributed by atoms with van der Waals surface area (Å²) in [6, 6.07) is 25.4. The quantitative estimate of drug-likeness (QED) is 0.148. The first kappa shape index (κ1) is 29.3. The lowest BCUT2D eigenvalue weighted by atomic mass is 10.0. The summed E-state index contributed by atoms with van der Waals surface area (Å²) in [6.45, 7) is 1.41. The molecule has 0 bridgehead atoms. The number of nitrogens with one attached hydrogen (secondary N) is 1. The van der Waals surface area contributed by atoms with Gasteiger partial charge in [0, 0.05) is 0 Å². The molecule has 0 spiro atoms. The number of carbonyl (C=O) groups is 2.